The molecule has 0 atom stereocenters. The van der Waals surface area contributed by atoms with Crippen LogP contribution < -0.4 is 0 Å². The number of hydrogen-bond acceptors (Lipinski definition) is 4. The van der Waals surface area contributed by atoms with Crippen LogP contribution in [0.15, 0.2) is 118 Å². The van der Waals surface area contributed by atoms with Gasteiger partial charge in [0.15, 0.2) is 0 Å². The average molecular weight is 673 g/mol. The number of nitrogens with zero attached hydrogens (tertiary/aromatic N) is 2. The van der Waals surface area contributed by atoms with Crippen LogP contribution in [0.2, 0.25) is 0 Å². The molecule has 250 valence electrons. The van der Waals surface area contributed by atoms with Gasteiger partial charge in [-0.25, -0.2) is 0 Å². The third kappa shape index (κ3) is 4.87. The molecule has 0 fully saturated rings. The zero-order valence-corrected chi connectivity index (χ0v) is 30.1. The Balaban J connectivity index is 1.27. The molecule has 0 N–H and O–H groups in total. The van der Waals surface area contributed by atoms with Gasteiger partial charge in [0.2, 0.25) is 0 Å². The molecule has 0 radical (unpaired) electrons. The number of nitriles is 2. The molecule has 7 aromatic carbocycles. The highest BCUT2D eigenvalue weighted by Crippen LogP contribution is 2.46. The zero-order valence-electron chi connectivity index (χ0n) is 30.1. The molecule has 0 unspecified atom stereocenters. The minimum Gasteiger partial charge on any atom is -0.456 e. The summed E-state index contributed by atoms with van der Waals surface area (Å²) in [4.78, 5) is 0. The summed E-state index contributed by atoms with van der Waals surface area (Å²) in [6.45, 7) is 13.8. The quantitative estimate of drug-likeness (QED) is 0.171. The van der Waals surface area contributed by atoms with Gasteiger partial charge in [-0.15, -0.1) is 0 Å². The fourth-order valence-corrected chi connectivity index (χ4v) is 8.26. The molecule has 4 nitrogen and oxygen atoms in total. The molecule has 9 rings (SSSR count). The van der Waals surface area contributed by atoms with E-state index in [1.165, 1.54) is 32.7 Å². The van der Waals surface area contributed by atoms with Crippen LogP contribution in [0.25, 0.3) is 87.7 Å². The Bertz CT molecular complexity index is 2850. The van der Waals surface area contributed by atoms with Gasteiger partial charge in [-0.3, -0.25) is 0 Å². The van der Waals surface area contributed by atoms with Crippen LogP contribution in [0.4, 0.5) is 0 Å². The first-order valence-corrected chi connectivity index (χ1v) is 17.7. The summed E-state index contributed by atoms with van der Waals surface area (Å²) < 4.78 is 12.3. The fraction of sp³-hybridized carbons (Fsp3) is 0.167. The molecule has 0 aliphatic rings. The van der Waals surface area contributed by atoms with Gasteiger partial charge in [0.1, 0.15) is 22.3 Å². The first-order valence-electron chi connectivity index (χ1n) is 17.7. The van der Waals surface area contributed by atoms with E-state index in [-0.39, 0.29) is 10.8 Å². The summed E-state index contributed by atoms with van der Waals surface area (Å²) in [6.07, 6.45) is 0. The molecule has 9 aromatic rings. The monoisotopic (exact) mass is 672 g/mol. The second-order valence-corrected chi connectivity index (χ2v) is 16.0. The Labute approximate surface area is 302 Å². The van der Waals surface area contributed by atoms with Crippen molar-refractivity contribution in [2.75, 3.05) is 0 Å². The van der Waals surface area contributed by atoms with E-state index in [4.69, 9.17) is 8.83 Å². The summed E-state index contributed by atoms with van der Waals surface area (Å²) in [5.41, 5.74) is 11.3. The zero-order chi connectivity index (χ0) is 36.1. The van der Waals surface area contributed by atoms with E-state index in [1.54, 1.807) is 12.1 Å². The minimum absolute atomic E-state index is 0.140. The van der Waals surface area contributed by atoms with Gasteiger partial charge in [-0.2, -0.15) is 10.5 Å². The summed E-state index contributed by atoms with van der Waals surface area (Å²) in [7, 11) is 0. The van der Waals surface area contributed by atoms with Crippen molar-refractivity contribution >= 4 is 65.4 Å². The Morgan fingerprint density at radius 2 is 0.673 bits per heavy atom. The highest BCUT2D eigenvalue weighted by molar-refractivity contribution is 6.11. The molecule has 0 saturated heterocycles. The minimum atomic E-state index is -0.140. The number of benzene rings is 7. The first kappa shape index (κ1) is 31.6. The van der Waals surface area contributed by atoms with Crippen molar-refractivity contribution < 1.29 is 8.83 Å². The van der Waals surface area contributed by atoms with Crippen LogP contribution in [0.1, 0.15) is 63.8 Å². The fourth-order valence-electron chi connectivity index (χ4n) is 8.26. The van der Waals surface area contributed by atoms with Crippen molar-refractivity contribution in [3.05, 3.63) is 131 Å². The second kappa shape index (κ2) is 11.1. The standard InChI is InChI=1S/C48H36N2O2/c1-47(2,3)45-33-13-9-30(32-12-18-44-38(22-32)36-20-28(26-50)8-16-42(36)52-44)24-40(33)46(48(4,5)6)34-14-10-29(23-39(34)45)31-11-17-43-37(21-31)35-19-27(25-49)7-15-41(35)51-43/h7-24H,1-6H3. The van der Waals surface area contributed by atoms with Gasteiger partial charge >= 0.3 is 0 Å². The van der Waals surface area contributed by atoms with Crippen LogP contribution in [0, 0.1) is 22.7 Å². The van der Waals surface area contributed by atoms with E-state index < -0.39 is 0 Å². The smallest absolute Gasteiger partial charge is 0.135 e. The number of rotatable bonds is 2. The molecule has 2 heterocycles. The van der Waals surface area contributed by atoms with Crippen LogP contribution in [0.5, 0.6) is 0 Å². The molecule has 52 heavy (non-hydrogen) atoms. The van der Waals surface area contributed by atoms with Gasteiger partial charge in [0.05, 0.1) is 23.3 Å². The molecule has 0 aliphatic carbocycles. The van der Waals surface area contributed by atoms with Gasteiger partial charge in [0.25, 0.3) is 0 Å². The lowest BCUT2D eigenvalue weighted by Gasteiger charge is -2.31. The maximum atomic E-state index is 9.55. The van der Waals surface area contributed by atoms with Crippen LogP contribution >= 0.6 is 0 Å². The molecular formula is C48H36N2O2. The van der Waals surface area contributed by atoms with Crippen molar-refractivity contribution in [3.63, 3.8) is 0 Å². The van der Waals surface area contributed by atoms with E-state index in [0.717, 1.165) is 66.1 Å². The molecule has 0 bridgehead atoms. The molecule has 4 heteroatoms. The average Bonchev–Trinajstić information content (AvgIpc) is 3.68. The van der Waals surface area contributed by atoms with Crippen LogP contribution in [-0.2, 0) is 10.8 Å². The first-order chi connectivity index (χ1) is 24.9. The summed E-state index contributed by atoms with van der Waals surface area (Å²) in [5.74, 6) is 0. The number of fused-ring (bicyclic) bond motifs is 8. The maximum absolute atomic E-state index is 9.55. The van der Waals surface area contributed by atoms with Crippen LogP contribution in [-0.4, -0.2) is 0 Å². The molecule has 2 aromatic heterocycles. The Morgan fingerprint density at radius 1 is 0.365 bits per heavy atom. The molecular weight excluding hydrogens is 637 g/mol. The maximum Gasteiger partial charge on any atom is 0.135 e. The Hall–Kier alpha value is -6.36. The van der Waals surface area contributed by atoms with Gasteiger partial charge < -0.3 is 8.83 Å². The topological polar surface area (TPSA) is 73.9 Å². The van der Waals surface area contributed by atoms with Gasteiger partial charge in [-0.1, -0.05) is 77.9 Å². The summed E-state index contributed by atoms with van der Waals surface area (Å²) >= 11 is 0. The van der Waals surface area contributed by atoms with E-state index in [9.17, 15) is 10.5 Å². The van der Waals surface area contributed by atoms with E-state index in [0.29, 0.717) is 11.1 Å². The predicted octanol–water partition coefficient (Wildman–Crippen LogP) is 13.5. The Morgan fingerprint density at radius 3 is 1.02 bits per heavy atom. The van der Waals surface area contributed by atoms with Crippen molar-refractivity contribution in [3.8, 4) is 34.4 Å². The second-order valence-electron chi connectivity index (χ2n) is 16.0. The molecule has 0 amide bonds. The summed E-state index contributed by atoms with van der Waals surface area (Å²) in [5, 5.41) is 28.1. The lowest BCUT2D eigenvalue weighted by atomic mass is 9.73. The molecule has 0 aliphatic heterocycles. The highest BCUT2D eigenvalue weighted by Gasteiger charge is 2.28. The number of hydrogen-bond donors (Lipinski definition) is 0. The van der Waals surface area contributed by atoms with E-state index >= 15 is 0 Å². The third-order valence-electron chi connectivity index (χ3n) is 10.5. The summed E-state index contributed by atoms with van der Waals surface area (Å²) in [6, 6.07) is 42.3. The van der Waals surface area contributed by atoms with Gasteiger partial charge in [-0.05, 0) is 139 Å². The third-order valence-corrected chi connectivity index (χ3v) is 10.5. The lowest BCUT2D eigenvalue weighted by Crippen LogP contribution is -2.17. The number of furan rings is 2. The SMILES string of the molecule is CC(C)(C)c1c2ccc(-c3ccc4oc5ccc(C#N)cc5c4c3)cc2c(C(C)(C)C)c2ccc(-c3ccc4oc5ccc(C#N)cc5c4c3)cc12. The van der Waals surface area contributed by atoms with Crippen molar-refractivity contribution in [1.29, 1.82) is 10.5 Å². The van der Waals surface area contributed by atoms with Crippen molar-refractivity contribution in [2.24, 2.45) is 0 Å². The van der Waals surface area contributed by atoms with Crippen molar-refractivity contribution in [2.45, 2.75) is 52.4 Å². The largest absolute Gasteiger partial charge is 0.456 e. The highest BCUT2D eigenvalue weighted by atomic mass is 16.3. The molecule has 0 saturated carbocycles. The lowest BCUT2D eigenvalue weighted by molar-refractivity contribution is 0.593. The van der Waals surface area contributed by atoms with E-state index in [2.05, 4.69) is 114 Å². The normalized spacial score (nSPS) is 12.4. The van der Waals surface area contributed by atoms with Gasteiger partial charge in [0, 0.05) is 21.5 Å². The molecule has 0 spiro atoms. The van der Waals surface area contributed by atoms with E-state index in [1.807, 2.05) is 36.4 Å². The predicted molar refractivity (Wildman–Crippen MR) is 214 cm³/mol. The Kier molecular flexibility index (Phi) is 6.73. The van der Waals surface area contributed by atoms with Crippen LogP contribution in [0.3, 0.4) is 0 Å². The van der Waals surface area contributed by atoms with Crippen molar-refractivity contribution in [1.82, 2.24) is 0 Å².